The molecule has 28 heavy (non-hydrogen) atoms. The van der Waals surface area contributed by atoms with Crippen LogP contribution in [0.3, 0.4) is 0 Å². The average Bonchev–Trinajstić information content (AvgIpc) is 2.99. The lowest BCUT2D eigenvalue weighted by Gasteiger charge is -2.18. The molecule has 0 amide bonds. The molecule has 0 fully saturated rings. The second-order valence-electron chi connectivity index (χ2n) is 6.65. The van der Waals surface area contributed by atoms with Gasteiger partial charge >= 0.3 is 0 Å². The van der Waals surface area contributed by atoms with Crippen molar-refractivity contribution < 1.29 is 25.2 Å². The molecule has 1 aliphatic rings. The number of hydrogen-bond donors (Lipinski definition) is 1. The monoisotopic (exact) mass is 426 g/mol. The SMILES string of the molecule is CS(=O)(=O)OCC(OS(C)(=O)=O)c1ccc2c(c1)NN(Cc1ccccc1)C2. The maximum atomic E-state index is 11.6. The Morgan fingerprint density at radius 2 is 1.75 bits per heavy atom. The lowest BCUT2D eigenvalue weighted by molar-refractivity contribution is 0.141. The Bertz CT molecular complexity index is 1040. The molecule has 1 heterocycles. The van der Waals surface area contributed by atoms with Gasteiger partial charge in [-0.3, -0.25) is 8.37 Å². The van der Waals surface area contributed by atoms with Gasteiger partial charge in [-0.25, -0.2) is 5.01 Å². The lowest BCUT2D eigenvalue weighted by atomic mass is 10.1. The van der Waals surface area contributed by atoms with Crippen molar-refractivity contribution in [3.63, 3.8) is 0 Å². The Morgan fingerprint density at radius 1 is 1.04 bits per heavy atom. The first-order chi connectivity index (χ1) is 13.1. The van der Waals surface area contributed by atoms with E-state index >= 15 is 0 Å². The quantitative estimate of drug-likeness (QED) is 0.640. The van der Waals surface area contributed by atoms with E-state index in [4.69, 9.17) is 8.37 Å². The van der Waals surface area contributed by atoms with E-state index in [1.54, 1.807) is 12.1 Å². The summed E-state index contributed by atoms with van der Waals surface area (Å²) in [5.41, 5.74) is 6.80. The molecule has 3 rings (SSSR count). The maximum Gasteiger partial charge on any atom is 0.265 e. The second kappa shape index (κ2) is 8.18. The molecular weight excluding hydrogens is 404 g/mol. The summed E-state index contributed by atoms with van der Waals surface area (Å²) in [5.74, 6) is 0. The van der Waals surface area contributed by atoms with Gasteiger partial charge in [0.15, 0.2) is 0 Å². The van der Waals surface area contributed by atoms with Crippen molar-refractivity contribution in [2.45, 2.75) is 19.2 Å². The Morgan fingerprint density at radius 3 is 2.39 bits per heavy atom. The van der Waals surface area contributed by atoms with Crippen LogP contribution in [0.4, 0.5) is 5.69 Å². The molecule has 1 unspecified atom stereocenters. The molecule has 2 aromatic rings. The number of nitrogens with zero attached hydrogens (tertiary/aromatic N) is 1. The van der Waals surface area contributed by atoms with Gasteiger partial charge in [0.05, 0.1) is 24.8 Å². The summed E-state index contributed by atoms with van der Waals surface area (Å²) in [7, 11) is -7.55. The van der Waals surface area contributed by atoms with Gasteiger partial charge in [0, 0.05) is 13.1 Å². The molecule has 1 atom stereocenters. The number of anilines is 1. The molecule has 8 nitrogen and oxygen atoms in total. The van der Waals surface area contributed by atoms with Crippen LogP contribution >= 0.6 is 0 Å². The van der Waals surface area contributed by atoms with E-state index < -0.39 is 32.9 Å². The van der Waals surface area contributed by atoms with Gasteiger partial charge in [-0.2, -0.15) is 16.8 Å². The molecule has 2 aromatic carbocycles. The fourth-order valence-corrected chi connectivity index (χ4v) is 3.89. The molecule has 152 valence electrons. The van der Waals surface area contributed by atoms with E-state index in [-0.39, 0.29) is 0 Å². The van der Waals surface area contributed by atoms with Crippen molar-refractivity contribution >= 4 is 25.9 Å². The molecule has 1 aliphatic heterocycles. The molecule has 1 N–H and O–H groups in total. The third-order valence-corrected chi connectivity index (χ3v) is 5.23. The zero-order chi connectivity index (χ0) is 20.4. The van der Waals surface area contributed by atoms with Crippen LogP contribution in [0.15, 0.2) is 48.5 Å². The Hall–Kier alpha value is -1.98. The highest BCUT2D eigenvalue weighted by molar-refractivity contribution is 7.86. The van der Waals surface area contributed by atoms with Gasteiger partial charge in [-0.15, -0.1) is 0 Å². The predicted molar refractivity (Wildman–Crippen MR) is 105 cm³/mol. The number of hydrazine groups is 1. The van der Waals surface area contributed by atoms with Crippen LogP contribution < -0.4 is 5.43 Å². The van der Waals surface area contributed by atoms with Crippen molar-refractivity contribution in [1.82, 2.24) is 5.01 Å². The number of fused-ring (bicyclic) bond motifs is 1. The van der Waals surface area contributed by atoms with Gasteiger partial charge in [0.25, 0.3) is 20.2 Å². The van der Waals surface area contributed by atoms with Crippen LogP contribution in [-0.4, -0.2) is 41.0 Å². The molecule has 0 spiro atoms. The molecule has 10 heteroatoms. The van der Waals surface area contributed by atoms with Gasteiger partial charge < -0.3 is 5.43 Å². The number of nitrogens with one attached hydrogen (secondary N) is 1. The summed E-state index contributed by atoms with van der Waals surface area (Å²) in [6.45, 7) is 0.950. The van der Waals surface area contributed by atoms with Crippen LogP contribution in [-0.2, 0) is 41.7 Å². The molecule has 0 aromatic heterocycles. The van der Waals surface area contributed by atoms with Crippen LogP contribution in [0.25, 0.3) is 0 Å². The minimum absolute atomic E-state index is 0.432. The van der Waals surface area contributed by atoms with E-state index in [1.807, 2.05) is 41.4 Å². The molecule has 0 bridgehead atoms. The van der Waals surface area contributed by atoms with Gasteiger partial charge in [-0.05, 0) is 22.8 Å². The normalized spacial score (nSPS) is 15.8. The first-order valence-corrected chi connectivity index (χ1v) is 12.1. The topological polar surface area (TPSA) is 102 Å². The second-order valence-corrected chi connectivity index (χ2v) is 9.89. The van der Waals surface area contributed by atoms with E-state index in [1.165, 1.54) is 0 Å². The van der Waals surface area contributed by atoms with Crippen LogP contribution in [0.5, 0.6) is 0 Å². The summed E-state index contributed by atoms with van der Waals surface area (Å²) >= 11 is 0. The minimum Gasteiger partial charge on any atom is -0.318 e. The van der Waals surface area contributed by atoms with E-state index in [0.717, 1.165) is 29.3 Å². The highest BCUT2D eigenvalue weighted by atomic mass is 32.2. The first kappa shape index (κ1) is 20.7. The standard InChI is InChI=1S/C18H22N2O6S2/c1-27(21,22)25-13-18(26-28(2,23)24)15-8-9-16-12-20(19-17(16)10-15)11-14-6-4-3-5-7-14/h3-10,18-19H,11-13H2,1-2H3. The molecule has 0 aliphatic carbocycles. The smallest absolute Gasteiger partial charge is 0.265 e. The zero-order valence-electron chi connectivity index (χ0n) is 15.5. The van der Waals surface area contributed by atoms with Crippen LogP contribution in [0, 0.1) is 0 Å². The summed E-state index contributed by atoms with van der Waals surface area (Å²) in [4.78, 5) is 0. The lowest BCUT2D eigenvalue weighted by Crippen LogP contribution is -2.22. The largest absolute Gasteiger partial charge is 0.318 e. The Labute approximate surface area is 165 Å². The fraction of sp³-hybridized carbons (Fsp3) is 0.333. The molecular formula is C18H22N2O6S2. The summed E-state index contributed by atoms with van der Waals surface area (Å²) in [5, 5.41) is 2.03. The number of hydrogen-bond acceptors (Lipinski definition) is 8. The van der Waals surface area contributed by atoms with E-state index in [9.17, 15) is 16.8 Å². The summed E-state index contributed by atoms with van der Waals surface area (Å²) in [6.07, 6.45) is 0.740. The number of rotatable bonds is 8. The van der Waals surface area contributed by atoms with Crippen molar-refractivity contribution in [2.24, 2.45) is 0 Å². The van der Waals surface area contributed by atoms with Crippen LogP contribution in [0.2, 0.25) is 0 Å². The highest BCUT2D eigenvalue weighted by Gasteiger charge is 2.24. The zero-order valence-corrected chi connectivity index (χ0v) is 17.2. The van der Waals surface area contributed by atoms with Crippen molar-refractivity contribution in [1.29, 1.82) is 0 Å². The van der Waals surface area contributed by atoms with E-state index in [0.29, 0.717) is 18.7 Å². The first-order valence-electron chi connectivity index (χ1n) is 8.50. The Kier molecular flexibility index (Phi) is 6.06. The third-order valence-electron chi connectivity index (χ3n) is 4.09. The van der Waals surface area contributed by atoms with Gasteiger partial charge in [-0.1, -0.05) is 42.5 Å². The molecule has 0 saturated carbocycles. The minimum atomic E-state index is -3.81. The highest BCUT2D eigenvalue weighted by Crippen LogP contribution is 2.31. The van der Waals surface area contributed by atoms with E-state index in [2.05, 4.69) is 5.43 Å². The van der Waals surface area contributed by atoms with Gasteiger partial charge in [0.1, 0.15) is 6.10 Å². The average molecular weight is 427 g/mol. The van der Waals surface area contributed by atoms with Gasteiger partial charge in [0.2, 0.25) is 0 Å². The summed E-state index contributed by atoms with van der Waals surface area (Å²) < 4.78 is 55.5. The maximum absolute atomic E-state index is 11.6. The fourth-order valence-electron chi connectivity index (χ4n) is 2.93. The predicted octanol–water partition coefficient (Wildman–Crippen LogP) is 2.02. The Balaban J connectivity index is 1.77. The molecule has 0 saturated heterocycles. The van der Waals surface area contributed by atoms with Crippen molar-refractivity contribution in [3.05, 3.63) is 65.2 Å². The number of benzene rings is 2. The van der Waals surface area contributed by atoms with Crippen molar-refractivity contribution in [2.75, 3.05) is 24.5 Å². The third kappa shape index (κ3) is 6.01. The molecule has 0 radical (unpaired) electrons. The summed E-state index contributed by atoms with van der Waals surface area (Å²) in [6, 6.07) is 15.3. The van der Waals surface area contributed by atoms with Crippen LogP contribution in [0.1, 0.15) is 22.8 Å². The van der Waals surface area contributed by atoms with Crippen molar-refractivity contribution in [3.8, 4) is 0 Å².